The molecule has 0 radical (unpaired) electrons. The Morgan fingerprint density at radius 1 is 1.23 bits per heavy atom. The second kappa shape index (κ2) is 11.3. The fourth-order valence-corrected chi connectivity index (χ4v) is 5.29. The number of ether oxygens (including phenoxy) is 1. The van der Waals surface area contributed by atoms with Crippen LogP contribution >= 0.6 is 0 Å². The SMILES string of the molecule is C#CC1CCc2cccc(c2)CC(C)(N)COCc2cc(cc(N(CCC)S(C)(=O)=O)c2)C(=O)N1. The van der Waals surface area contributed by atoms with E-state index in [-0.39, 0.29) is 12.5 Å². The first-order chi connectivity index (χ1) is 16.5. The Balaban J connectivity index is 2.00. The van der Waals surface area contributed by atoms with Crippen LogP contribution in [-0.4, -0.2) is 45.3 Å². The summed E-state index contributed by atoms with van der Waals surface area (Å²) in [4.78, 5) is 13.2. The molecule has 0 aliphatic carbocycles. The van der Waals surface area contributed by atoms with Crippen LogP contribution in [0.2, 0.25) is 0 Å². The number of fused-ring (bicyclic) bond motifs is 4. The normalized spacial score (nSPS) is 21.6. The highest BCUT2D eigenvalue weighted by molar-refractivity contribution is 7.92. The van der Waals surface area contributed by atoms with E-state index in [1.165, 1.54) is 4.31 Å². The molecule has 0 spiro atoms. The van der Waals surface area contributed by atoms with Crippen LogP contribution in [0.4, 0.5) is 5.69 Å². The van der Waals surface area contributed by atoms with Crippen molar-refractivity contribution >= 4 is 21.6 Å². The van der Waals surface area contributed by atoms with Gasteiger partial charge in [0.15, 0.2) is 0 Å². The maximum atomic E-state index is 13.2. The monoisotopic (exact) mass is 497 g/mol. The Hall–Kier alpha value is -2.86. The molecule has 7 nitrogen and oxygen atoms in total. The number of hydrogen-bond donors (Lipinski definition) is 2. The molecule has 0 saturated carbocycles. The van der Waals surface area contributed by atoms with Crippen molar-refractivity contribution in [2.24, 2.45) is 5.73 Å². The van der Waals surface area contributed by atoms with Crippen LogP contribution in [0.3, 0.4) is 0 Å². The summed E-state index contributed by atoms with van der Waals surface area (Å²) in [6, 6.07) is 12.8. The maximum absolute atomic E-state index is 13.2. The molecule has 1 aliphatic heterocycles. The minimum Gasteiger partial charge on any atom is -0.375 e. The van der Waals surface area contributed by atoms with Gasteiger partial charge in [0.05, 0.1) is 31.2 Å². The van der Waals surface area contributed by atoms with E-state index in [2.05, 4.69) is 17.3 Å². The molecule has 0 fully saturated rings. The number of nitrogens with two attached hydrogens (primary N) is 1. The maximum Gasteiger partial charge on any atom is 0.252 e. The molecule has 2 aromatic carbocycles. The molecule has 2 aromatic rings. The molecule has 2 unspecified atom stereocenters. The average Bonchev–Trinajstić information content (AvgIpc) is 2.78. The van der Waals surface area contributed by atoms with E-state index in [0.717, 1.165) is 17.4 Å². The minimum atomic E-state index is -3.54. The van der Waals surface area contributed by atoms with Gasteiger partial charge in [-0.2, -0.15) is 0 Å². The molecular weight excluding hydrogens is 462 g/mol. The molecule has 35 heavy (non-hydrogen) atoms. The molecule has 3 rings (SSSR count). The number of benzene rings is 2. The summed E-state index contributed by atoms with van der Waals surface area (Å²) in [6.45, 7) is 4.63. The number of nitrogens with zero attached hydrogens (tertiary/aromatic N) is 1. The van der Waals surface area contributed by atoms with Crippen molar-refractivity contribution < 1.29 is 17.9 Å². The van der Waals surface area contributed by atoms with E-state index >= 15 is 0 Å². The summed E-state index contributed by atoms with van der Waals surface area (Å²) in [5.74, 6) is 2.31. The first kappa shape index (κ1) is 26.7. The zero-order valence-electron chi connectivity index (χ0n) is 20.7. The van der Waals surface area contributed by atoms with Crippen LogP contribution in [0.1, 0.15) is 53.7 Å². The fourth-order valence-electron chi connectivity index (χ4n) is 4.29. The van der Waals surface area contributed by atoms with E-state index in [4.69, 9.17) is 16.9 Å². The van der Waals surface area contributed by atoms with Gasteiger partial charge in [0.2, 0.25) is 10.0 Å². The highest BCUT2D eigenvalue weighted by Gasteiger charge is 2.23. The topological polar surface area (TPSA) is 102 Å². The number of nitrogens with one attached hydrogen (secondary N) is 1. The Labute approximate surface area is 209 Å². The zero-order valence-corrected chi connectivity index (χ0v) is 21.5. The minimum absolute atomic E-state index is 0.184. The number of anilines is 1. The van der Waals surface area contributed by atoms with Gasteiger partial charge in [0, 0.05) is 17.6 Å². The Kier molecular flexibility index (Phi) is 8.60. The summed E-state index contributed by atoms with van der Waals surface area (Å²) in [6.07, 6.45) is 9.43. The second-order valence-electron chi connectivity index (χ2n) is 9.60. The van der Waals surface area contributed by atoms with Crippen molar-refractivity contribution in [2.45, 2.75) is 57.7 Å². The summed E-state index contributed by atoms with van der Waals surface area (Å²) < 4.78 is 32.2. The standard InChI is InChI=1S/C27H35N3O4S/c1-5-12-30(35(4,32)33)25-15-22-14-23(16-25)26(31)29-24(6-2)11-10-20-8-7-9-21(13-20)17-27(3,28)19-34-18-22/h2,7-9,13-16,24H,5,10-12,17-19,28H2,1,3-4H3,(H,29,31). The fraction of sp³-hybridized carbons (Fsp3) is 0.444. The lowest BCUT2D eigenvalue weighted by Gasteiger charge is -2.26. The van der Waals surface area contributed by atoms with Gasteiger partial charge in [-0.15, -0.1) is 6.42 Å². The van der Waals surface area contributed by atoms with Gasteiger partial charge in [-0.05, 0) is 67.5 Å². The van der Waals surface area contributed by atoms with Gasteiger partial charge in [-0.3, -0.25) is 9.10 Å². The highest BCUT2D eigenvalue weighted by atomic mass is 32.2. The Morgan fingerprint density at radius 3 is 2.66 bits per heavy atom. The van der Waals surface area contributed by atoms with Crippen molar-refractivity contribution in [3.05, 3.63) is 64.7 Å². The summed E-state index contributed by atoms with van der Waals surface area (Å²) in [5, 5.41) is 2.91. The first-order valence-corrected chi connectivity index (χ1v) is 13.7. The third kappa shape index (κ3) is 7.56. The van der Waals surface area contributed by atoms with Gasteiger partial charge >= 0.3 is 0 Å². The number of hydrogen-bond acceptors (Lipinski definition) is 5. The summed E-state index contributed by atoms with van der Waals surface area (Å²) >= 11 is 0. The van der Waals surface area contributed by atoms with E-state index in [9.17, 15) is 13.2 Å². The lowest BCUT2D eigenvalue weighted by molar-refractivity contribution is 0.0789. The third-order valence-corrected chi connectivity index (χ3v) is 7.08. The molecule has 1 heterocycles. The number of terminal acetylenes is 1. The van der Waals surface area contributed by atoms with Gasteiger partial charge in [-0.25, -0.2) is 8.42 Å². The predicted octanol–water partition coefficient (Wildman–Crippen LogP) is 3.02. The van der Waals surface area contributed by atoms with Gasteiger partial charge in [0.1, 0.15) is 0 Å². The summed E-state index contributed by atoms with van der Waals surface area (Å²) in [5.41, 5.74) is 9.60. The predicted molar refractivity (Wildman–Crippen MR) is 140 cm³/mol. The smallest absolute Gasteiger partial charge is 0.252 e. The Morgan fingerprint density at radius 2 is 1.97 bits per heavy atom. The van der Waals surface area contributed by atoms with Crippen LogP contribution in [0, 0.1) is 12.3 Å². The molecule has 1 aliphatic rings. The molecule has 2 atom stereocenters. The number of amides is 1. The lowest BCUT2D eigenvalue weighted by atomic mass is 9.93. The van der Waals surface area contributed by atoms with Gasteiger partial charge in [-0.1, -0.05) is 37.1 Å². The van der Waals surface area contributed by atoms with Crippen molar-refractivity contribution in [1.29, 1.82) is 0 Å². The summed E-state index contributed by atoms with van der Waals surface area (Å²) in [7, 11) is -3.54. The number of carbonyl (C=O) groups excluding carboxylic acids is 1. The quantitative estimate of drug-likeness (QED) is 0.633. The zero-order chi connectivity index (χ0) is 25.6. The largest absolute Gasteiger partial charge is 0.375 e. The van der Waals surface area contributed by atoms with Crippen LogP contribution in [-0.2, 0) is 34.2 Å². The van der Waals surface area contributed by atoms with Crippen LogP contribution < -0.4 is 15.4 Å². The van der Waals surface area contributed by atoms with E-state index in [0.29, 0.717) is 55.6 Å². The third-order valence-electron chi connectivity index (χ3n) is 5.88. The van der Waals surface area contributed by atoms with Crippen molar-refractivity contribution in [1.82, 2.24) is 5.32 Å². The molecule has 1 amide bonds. The number of sulfonamides is 1. The molecule has 0 aromatic heterocycles. The first-order valence-electron chi connectivity index (χ1n) is 11.8. The highest BCUT2D eigenvalue weighted by Crippen LogP contribution is 2.24. The van der Waals surface area contributed by atoms with Crippen molar-refractivity contribution in [3.63, 3.8) is 0 Å². The van der Waals surface area contributed by atoms with E-state index in [1.807, 2.05) is 32.0 Å². The Bertz CT molecular complexity index is 1200. The lowest BCUT2D eigenvalue weighted by Crippen LogP contribution is -2.43. The van der Waals surface area contributed by atoms with Crippen molar-refractivity contribution in [2.75, 3.05) is 23.7 Å². The molecule has 3 N–H and O–H groups in total. The number of aryl methyl sites for hydroxylation is 1. The van der Waals surface area contributed by atoms with Crippen LogP contribution in [0.5, 0.6) is 0 Å². The molecule has 188 valence electrons. The van der Waals surface area contributed by atoms with E-state index < -0.39 is 21.6 Å². The van der Waals surface area contributed by atoms with Gasteiger partial charge in [0.25, 0.3) is 5.91 Å². The van der Waals surface area contributed by atoms with Crippen LogP contribution in [0.15, 0.2) is 42.5 Å². The molecular formula is C27H35N3O4S. The molecule has 0 saturated heterocycles. The van der Waals surface area contributed by atoms with E-state index in [1.54, 1.807) is 18.2 Å². The molecule has 4 bridgehead atoms. The molecule has 8 heteroatoms. The number of carbonyl (C=O) groups is 1. The van der Waals surface area contributed by atoms with Crippen LogP contribution in [0.25, 0.3) is 0 Å². The average molecular weight is 498 g/mol. The number of rotatable bonds is 4. The van der Waals surface area contributed by atoms with Crippen molar-refractivity contribution in [3.8, 4) is 12.3 Å². The van der Waals surface area contributed by atoms with Gasteiger partial charge < -0.3 is 15.8 Å². The second-order valence-corrected chi connectivity index (χ2v) is 11.5.